The summed E-state index contributed by atoms with van der Waals surface area (Å²) in [5.41, 5.74) is 8.27. The van der Waals surface area contributed by atoms with E-state index in [1.165, 1.54) is 6.92 Å². The van der Waals surface area contributed by atoms with Crippen molar-refractivity contribution in [1.82, 2.24) is 4.98 Å². The normalized spacial score (nSPS) is 16.6. The predicted octanol–water partition coefficient (Wildman–Crippen LogP) is 3.14. The number of nitrogens with zero attached hydrogens (tertiary/aromatic N) is 1. The first-order valence-electron chi connectivity index (χ1n) is 10.0. The van der Waals surface area contributed by atoms with E-state index in [4.69, 9.17) is 10.5 Å². The van der Waals surface area contributed by atoms with Crippen LogP contribution in [0.25, 0.3) is 11.1 Å². The van der Waals surface area contributed by atoms with E-state index < -0.39 is 11.5 Å². The van der Waals surface area contributed by atoms with Gasteiger partial charge in [-0.3, -0.25) is 14.4 Å². The molecule has 0 saturated carbocycles. The zero-order valence-electron chi connectivity index (χ0n) is 17.6. The Bertz CT molecular complexity index is 1220. The molecule has 2 aromatic carbocycles. The molecule has 32 heavy (non-hydrogen) atoms. The Balaban J connectivity index is 1.56. The van der Waals surface area contributed by atoms with E-state index in [1.54, 1.807) is 55.6 Å². The standard InChI is InChI=1S/C24H22N4O4/c1-14(29)27-17-6-8-18(9-7-17)28-23(31)24(2)13-20-19(10-11-26-22(20)32-24)15-4-3-5-16(12-15)21(25)30/h3-12H,13H2,1-2H3,(H2,25,30)(H,27,29)(H,28,31). The molecule has 0 saturated heterocycles. The highest BCUT2D eigenvalue weighted by atomic mass is 16.5. The highest BCUT2D eigenvalue weighted by molar-refractivity contribution is 5.99. The molecule has 1 aliphatic heterocycles. The first-order valence-corrected chi connectivity index (χ1v) is 10.0. The Labute approximate surface area is 184 Å². The second kappa shape index (κ2) is 8.14. The van der Waals surface area contributed by atoms with Crippen LogP contribution < -0.4 is 21.1 Å². The first kappa shape index (κ1) is 21.0. The molecule has 4 rings (SSSR count). The van der Waals surface area contributed by atoms with Gasteiger partial charge >= 0.3 is 0 Å². The third kappa shape index (κ3) is 4.15. The summed E-state index contributed by atoms with van der Waals surface area (Å²) in [4.78, 5) is 40.1. The van der Waals surface area contributed by atoms with Gasteiger partial charge in [0.1, 0.15) is 0 Å². The summed E-state index contributed by atoms with van der Waals surface area (Å²) in [6.45, 7) is 3.14. The van der Waals surface area contributed by atoms with Gasteiger partial charge in [-0.1, -0.05) is 12.1 Å². The fourth-order valence-corrected chi connectivity index (χ4v) is 3.66. The Morgan fingerprint density at radius 3 is 2.38 bits per heavy atom. The molecule has 4 N–H and O–H groups in total. The van der Waals surface area contributed by atoms with Crippen LogP contribution in [0.1, 0.15) is 29.8 Å². The molecule has 8 nitrogen and oxygen atoms in total. The molecule has 3 amide bonds. The molecule has 0 fully saturated rings. The highest BCUT2D eigenvalue weighted by Crippen LogP contribution is 2.40. The molecule has 0 spiro atoms. The van der Waals surface area contributed by atoms with Crippen LogP contribution in [0.5, 0.6) is 5.88 Å². The number of anilines is 2. The lowest BCUT2D eigenvalue weighted by Gasteiger charge is -2.22. The van der Waals surface area contributed by atoms with Crippen LogP contribution in [0, 0.1) is 0 Å². The van der Waals surface area contributed by atoms with Crippen LogP contribution >= 0.6 is 0 Å². The van der Waals surface area contributed by atoms with Crippen molar-refractivity contribution >= 4 is 29.1 Å². The summed E-state index contributed by atoms with van der Waals surface area (Å²) in [6, 6.07) is 15.6. The summed E-state index contributed by atoms with van der Waals surface area (Å²) >= 11 is 0. The van der Waals surface area contributed by atoms with E-state index in [2.05, 4.69) is 15.6 Å². The van der Waals surface area contributed by atoms with E-state index in [1.807, 2.05) is 12.1 Å². The predicted molar refractivity (Wildman–Crippen MR) is 120 cm³/mol. The van der Waals surface area contributed by atoms with Crippen molar-refractivity contribution in [3.63, 3.8) is 0 Å². The number of aromatic nitrogens is 1. The number of amides is 3. The third-order valence-corrected chi connectivity index (χ3v) is 5.25. The van der Waals surface area contributed by atoms with Crippen molar-refractivity contribution < 1.29 is 19.1 Å². The molecule has 8 heteroatoms. The van der Waals surface area contributed by atoms with Crippen molar-refractivity contribution in [1.29, 1.82) is 0 Å². The number of carbonyl (C=O) groups excluding carboxylic acids is 3. The van der Waals surface area contributed by atoms with E-state index in [-0.39, 0.29) is 11.8 Å². The number of hydrogen-bond donors (Lipinski definition) is 3. The number of carbonyl (C=O) groups is 3. The molecule has 1 atom stereocenters. The maximum Gasteiger partial charge on any atom is 0.268 e. The number of primary amides is 1. The summed E-state index contributed by atoms with van der Waals surface area (Å²) in [5.74, 6) is -0.621. The maximum atomic E-state index is 13.1. The molecule has 0 aliphatic carbocycles. The molecular formula is C24H22N4O4. The van der Waals surface area contributed by atoms with Gasteiger partial charge in [0.05, 0.1) is 0 Å². The number of nitrogens with two attached hydrogens (primary N) is 1. The molecule has 1 unspecified atom stereocenters. The molecule has 0 bridgehead atoms. The number of ether oxygens (including phenoxy) is 1. The lowest BCUT2D eigenvalue weighted by atomic mass is 9.92. The second-order valence-corrected chi connectivity index (χ2v) is 7.81. The Hall–Kier alpha value is -4.20. The van der Waals surface area contributed by atoms with E-state index in [9.17, 15) is 14.4 Å². The van der Waals surface area contributed by atoms with E-state index in [0.717, 1.165) is 16.7 Å². The number of nitrogens with one attached hydrogen (secondary N) is 2. The van der Waals surface area contributed by atoms with Gasteiger partial charge in [0.25, 0.3) is 5.91 Å². The van der Waals surface area contributed by atoms with Crippen molar-refractivity contribution in [2.45, 2.75) is 25.9 Å². The fourth-order valence-electron chi connectivity index (χ4n) is 3.66. The van der Waals surface area contributed by atoms with Crippen molar-refractivity contribution in [2.75, 3.05) is 10.6 Å². The smallest absolute Gasteiger partial charge is 0.268 e. The minimum absolute atomic E-state index is 0.170. The summed E-state index contributed by atoms with van der Waals surface area (Å²) in [6.07, 6.45) is 1.91. The molecule has 3 aromatic rings. The molecule has 2 heterocycles. The van der Waals surface area contributed by atoms with Crippen LogP contribution in [0.2, 0.25) is 0 Å². The summed E-state index contributed by atoms with van der Waals surface area (Å²) in [7, 11) is 0. The van der Waals surface area contributed by atoms with Crippen LogP contribution in [0.3, 0.4) is 0 Å². The van der Waals surface area contributed by atoms with E-state index in [0.29, 0.717) is 29.2 Å². The number of pyridine rings is 1. The molecule has 1 aliphatic rings. The number of benzene rings is 2. The summed E-state index contributed by atoms with van der Waals surface area (Å²) in [5, 5.41) is 5.54. The number of fused-ring (bicyclic) bond motifs is 1. The maximum absolute atomic E-state index is 13.1. The highest BCUT2D eigenvalue weighted by Gasteiger charge is 2.44. The van der Waals surface area contributed by atoms with Crippen LogP contribution in [0.4, 0.5) is 11.4 Å². The number of rotatable bonds is 5. The minimum Gasteiger partial charge on any atom is -0.461 e. The third-order valence-electron chi connectivity index (χ3n) is 5.25. The van der Waals surface area contributed by atoms with Crippen LogP contribution in [-0.4, -0.2) is 28.3 Å². The first-order chi connectivity index (χ1) is 15.2. The van der Waals surface area contributed by atoms with Gasteiger partial charge in [-0.2, -0.15) is 0 Å². The Morgan fingerprint density at radius 1 is 1.03 bits per heavy atom. The van der Waals surface area contributed by atoms with Crippen LogP contribution in [0.15, 0.2) is 60.8 Å². The van der Waals surface area contributed by atoms with Gasteiger partial charge in [-0.25, -0.2) is 4.98 Å². The Morgan fingerprint density at radius 2 is 1.72 bits per heavy atom. The van der Waals surface area contributed by atoms with Crippen LogP contribution in [-0.2, 0) is 16.0 Å². The van der Waals surface area contributed by atoms with Gasteiger partial charge in [0.15, 0.2) is 5.60 Å². The largest absolute Gasteiger partial charge is 0.461 e. The quantitative estimate of drug-likeness (QED) is 0.574. The molecular weight excluding hydrogens is 408 g/mol. The van der Waals surface area contributed by atoms with Gasteiger partial charge in [0.2, 0.25) is 17.7 Å². The van der Waals surface area contributed by atoms with Gasteiger partial charge in [-0.15, -0.1) is 0 Å². The fraction of sp³-hybridized carbons (Fsp3) is 0.167. The Kier molecular flexibility index (Phi) is 5.36. The van der Waals surface area contributed by atoms with Gasteiger partial charge in [0, 0.05) is 42.0 Å². The lowest BCUT2D eigenvalue weighted by Crippen LogP contribution is -2.44. The zero-order valence-corrected chi connectivity index (χ0v) is 17.6. The summed E-state index contributed by atoms with van der Waals surface area (Å²) < 4.78 is 5.97. The van der Waals surface area contributed by atoms with Crippen molar-refractivity contribution in [3.05, 3.63) is 71.9 Å². The molecule has 0 radical (unpaired) electrons. The molecule has 1 aromatic heterocycles. The van der Waals surface area contributed by atoms with E-state index >= 15 is 0 Å². The monoisotopic (exact) mass is 430 g/mol. The molecule has 162 valence electrons. The van der Waals surface area contributed by atoms with Crippen molar-refractivity contribution in [3.8, 4) is 17.0 Å². The SMILES string of the molecule is CC(=O)Nc1ccc(NC(=O)C2(C)Cc3c(-c4cccc(C(N)=O)c4)ccnc3O2)cc1. The zero-order chi connectivity index (χ0) is 22.9. The number of hydrogen-bond acceptors (Lipinski definition) is 5. The second-order valence-electron chi connectivity index (χ2n) is 7.81. The van der Waals surface area contributed by atoms with Gasteiger partial charge < -0.3 is 21.1 Å². The van der Waals surface area contributed by atoms with Gasteiger partial charge in [-0.05, 0) is 60.5 Å². The van der Waals surface area contributed by atoms with Crippen molar-refractivity contribution in [2.24, 2.45) is 5.73 Å². The average molecular weight is 430 g/mol. The average Bonchev–Trinajstić information content (AvgIpc) is 3.12. The lowest BCUT2D eigenvalue weighted by molar-refractivity contribution is -0.128. The minimum atomic E-state index is -1.16. The topological polar surface area (TPSA) is 123 Å².